The molecule has 0 radical (unpaired) electrons. The third-order valence-electron chi connectivity index (χ3n) is 5.77. The van der Waals surface area contributed by atoms with Crippen molar-refractivity contribution in [2.24, 2.45) is 7.05 Å². The molecule has 11 nitrogen and oxygen atoms in total. The average Bonchev–Trinajstić information content (AvgIpc) is 3.63. The van der Waals surface area contributed by atoms with E-state index >= 15 is 0 Å². The lowest BCUT2D eigenvalue weighted by Crippen LogP contribution is -2.27. The number of rotatable bonds is 6. The minimum Gasteiger partial charge on any atom is -0.439 e. The van der Waals surface area contributed by atoms with Gasteiger partial charge in [0, 0.05) is 25.0 Å². The lowest BCUT2D eigenvalue weighted by atomic mass is 10.2. The first-order valence-corrected chi connectivity index (χ1v) is 11.4. The first-order valence-electron chi connectivity index (χ1n) is 11.4. The normalized spacial score (nSPS) is 11.2. The Morgan fingerprint density at radius 3 is 2.59 bits per heavy atom. The van der Waals surface area contributed by atoms with Gasteiger partial charge in [-0.3, -0.25) is 18.7 Å². The molecule has 6 aromatic rings. The van der Waals surface area contributed by atoms with E-state index in [0.29, 0.717) is 28.6 Å². The Kier molecular flexibility index (Phi) is 5.41. The molecule has 4 aromatic heterocycles. The van der Waals surface area contributed by atoms with Crippen molar-refractivity contribution in [2.75, 3.05) is 5.32 Å². The fourth-order valence-corrected chi connectivity index (χ4v) is 3.98. The molecular weight excluding hydrogens is 472 g/mol. The van der Waals surface area contributed by atoms with Crippen LogP contribution < -0.4 is 10.6 Å². The predicted molar refractivity (Wildman–Crippen MR) is 135 cm³/mol. The molecule has 0 bridgehead atoms. The zero-order chi connectivity index (χ0) is 25.4. The van der Waals surface area contributed by atoms with Crippen LogP contribution in [0.3, 0.4) is 0 Å². The minimum absolute atomic E-state index is 0.0608. The zero-order valence-electron chi connectivity index (χ0n) is 19.6. The number of amides is 2. The first kappa shape index (κ1) is 22.2. The van der Waals surface area contributed by atoms with Gasteiger partial charge in [-0.1, -0.05) is 42.5 Å². The molecule has 0 aliphatic carbocycles. The second kappa shape index (κ2) is 9.04. The third-order valence-corrected chi connectivity index (χ3v) is 5.77. The van der Waals surface area contributed by atoms with Crippen LogP contribution in [-0.2, 0) is 13.6 Å². The number of hydrogen-bond acceptors (Lipinski definition) is 7. The van der Waals surface area contributed by atoms with E-state index in [-0.39, 0.29) is 17.8 Å². The summed E-state index contributed by atoms with van der Waals surface area (Å²) in [6.45, 7) is 0.0608. The molecule has 37 heavy (non-hydrogen) atoms. The number of oxazole rings is 1. The van der Waals surface area contributed by atoms with Crippen LogP contribution in [0.5, 0.6) is 0 Å². The molecule has 2 amide bonds. The number of carbonyl (C=O) groups excluding carboxylic acids is 2. The highest BCUT2D eigenvalue weighted by molar-refractivity contribution is 6.10. The standard InChI is InChI=1S/C26H20N8O3/c1-33-23(17(13-28-33)24(35)27-14-22-29-18-9-5-6-10-20(18)37-22)25(36)31-21-11-12-34-15-19(30-26(34)32-21)16-7-3-2-4-8-16/h2-13,15H,14H2,1H3,(H,27,35)(H,30,31,32,36). The molecule has 11 heteroatoms. The van der Waals surface area contributed by atoms with E-state index in [4.69, 9.17) is 4.42 Å². The fraction of sp³-hybridized carbons (Fsp3) is 0.0769. The number of aromatic nitrogens is 6. The van der Waals surface area contributed by atoms with Crippen LogP contribution >= 0.6 is 0 Å². The van der Waals surface area contributed by atoms with E-state index < -0.39 is 11.8 Å². The van der Waals surface area contributed by atoms with Crippen molar-refractivity contribution in [3.8, 4) is 11.3 Å². The van der Waals surface area contributed by atoms with E-state index in [0.717, 1.165) is 11.3 Å². The Morgan fingerprint density at radius 1 is 0.946 bits per heavy atom. The summed E-state index contributed by atoms with van der Waals surface area (Å²) in [4.78, 5) is 39.4. The second-order valence-corrected chi connectivity index (χ2v) is 8.25. The van der Waals surface area contributed by atoms with Crippen LogP contribution in [-0.4, -0.2) is 40.9 Å². The lowest BCUT2D eigenvalue weighted by molar-refractivity contribution is 0.0933. The molecule has 0 fully saturated rings. The van der Waals surface area contributed by atoms with E-state index in [2.05, 4.69) is 30.7 Å². The van der Waals surface area contributed by atoms with Gasteiger partial charge in [-0.05, 0) is 18.2 Å². The maximum absolute atomic E-state index is 13.1. The van der Waals surface area contributed by atoms with Crippen LogP contribution in [0.1, 0.15) is 26.7 Å². The number of carbonyl (C=O) groups is 2. The van der Waals surface area contributed by atoms with Crippen molar-refractivity contribution < 1.29 is 14.0 Å². The highest BCUT2D eigenvalue weighted by atomic mass is 16.3. The maximum atomic E-state index is 13.1. The van der Waals surface area contributed by atoms with Gasteiger partial charge < -0.3 is 15.1 Å². The molecule has 0 saturated heterocycles. The summed E-state index contributed by atoms with van der Waals surface area (Å²) in [6.07, 6.45) is 4.96. The molecule has 0 aliphatic heterocycles. The first-order chi connectivity index (χ1) is 18.0. The van der Waals surface area contributed by atoms with E-state index in [9.17, 15) is 9.59 Å². The maximum Gasteiger partial charge on any atom is 0.275 e. The molecule has 6 rings (SSSR count). The largest absolute Gasteiger partial charge is 0.439 e. The molecule has 0 saturated carbocycles. The summed E-state index contributed by atoms with van der Waals surface area (Å²) in [6, 6.07) is 18.7. The minimum atomic E-state index is -0.529. The molecule has 2 aromatic carbocycles. The molecule has 0 unspecified atom stereocenters. The molecule has 2 N–H and O–H groups in total. The Balaban J connectivity index is 1.19. The van der Waals surface area contributed by atoms with Crippen LogP contribution in [0, 0.1) is 0 Å². The van der Waals surface area contributed by atoms with Crippen LogP contribution in [0.2, 0.25) is 0 Å². The van der Waals surface area contributed by atoms with Gasteiger partial charge in [-0.2, -0.15) is 10.1 Å². The van der Waals surface area contributed by atoms with E-state index in [1.54, 1.807) is 29.8 Å². The summed E-state index contributed by atoms with van der Waals surface area (Å²) in [7, 11) is 1.59. The highest BCUT2D eigenvalue weighted by Crippen LogP contribution is 2.19. The quantitative estimate of drug-likeness (QED) is 0.364. The van der Waals surface area contributed by atoms with Crippen molar-refractivity contribution in [2.45, 2.75) is 6.54 Å². The number of anilines is 1. The molecule has 0 aliphatic rings. The predicted octanol–water partition coefficient (Wildman–Crippen LogP) is 3.45. The number of hydrogen-bond donors (Lipinski definition) is 2. The molecule has 4 heterocycles. The summed E-state index contributed by atoms with van der Waals surface area (Å²) >= 11 is 0. The van der Waals surface area contributed by atoms with Crippen LogP contribution in [0.15, 0.2) is 83.7 Å². The number of fused-ring (bicyclic) bond motifs is 2. The highest BCUT2D eigenvalue weighted by Gasteiger charge is 2.23. The summed E-state index contributed by atoms with van der Waals surface area (Å²) < 4.78 is 8.75. The van der Waals surface area contributed by atoms with Gasteiger partial charge >= 0.3 is 0 Å². The van der Waals surface area contributed by atoms with Crippen molar-refractivity contribution in [3.63, 3.8) is 0 Å². The van der Waals surface area contributed by atoms with Gasteiger partial charge in [0.1, 0.15) is 17.0 Å². The van der Waals surface area contributed by atoms with E-state index in [1.807, 2.05) is 54.7 Å². The Hall–Kier alpha value is -5.32. The average molecular weight is 492 g/mol. The third kappa shape index (κ3) is 4.29. The number of nitrogens with one attached hydrogen (secondary N) is 2. The summed E-state index contributed by atoms with van der Waals surface area (Å²) in [5.41, 5.74) is 3.26. The fourth-order valence-electron chi connectivity index (χ4n) is 3.98. The van der Waals surface area contributed by atoms with Crippen LogP contribution in [0.25, 0.3) is 28.1 Å². The number of imidazole rings is 1. The molecular formula is C26H20N8O3. The Morgan fingerprint density at radius 2 is 1.76 bits per heavy atom. The van der Waals surface area contributed by atoms with Gasteiger partial charge in [-0.25, -0.2) is 9.97 Å². The number of para-hydroxylation sites is 2. The molecule has 0 atom stereocenters. The van der Waals surface area contributed by atoms with Crippen molar-refractivity contribution in [1.29, 1.82) is 0 Å². The number of aryl methyl sites for hydroxylation is 1. The summed E-state index contributed by atoms with van der Waals surface area (Å²) in [5, 5.41) is 9.57. The van der Waals surface area contributed by atoms with E-state index in [1.165, 1.54) is 10.9 Å². The Labute approximate surface area is 209 Å². The summed E-state index contributed by atoms with van der Waals surface area (Å²) in [5.74, 6) is 0.0691. The van der Waals surface area contributed by atoms with Gasteiger partial charge in [0.05, 0.1) is 24.0 Å². The number of benzene rings is 2. The zero-order valence-corrected chi connectivity index (χ0v) is 19.6. The number of nitrogens with zero attached hydrogens (tertiary/aromatic N) is 6. The Bertz CT molecular complexity index is 1730. The van der Waals surface area contributed by atoms with Gasteiger partial charge in [0.15, 0.2) is 5.58 Å². The van der Waals surface area contributed by atoms with Gasteiger partial charge in [0.2, 0.25) is 11.7 Å². The SMILES string of the molecule is Cn1ncc(C(=O)NCc2nc3ccccc3o2)c1C(=O)Nc1ccn2cc(-c3ccccc3)nc2n1. The molecule has 0 spiro atoms. The monoisotopic (exact) mass is 492 g/mol. The second-order valence-electron chi connectivity index (χ2n) is 8.25. The smallest absolute Gasteiger partial charge is 0.275 e. The topological polar surface area (TPSA) is 132 Å². The van der Waals surface area contributed by atoms with Crippen molar-refractivity contribution in [3.05, 3.63) is 96.4 Å². The van der Waals surface area contributed by atoms with Crippen molar-refractivity contribution in [1.82, 2.24) is 34.4 Å². The van der Waals surface area contributed by atoms with Gasteiger partial charge in [-0.15, -0.1) is 0 Å². The van der Waals surface area contributed by atoms with Crippen LogP contribution in [0.4, 0.5) is 5.82 Å². The lowest BCUT2D eigenvalue weighted by Gasteiger charge is -2.08. The van der Waals surface area contributed by atoms with Crippen molar-refractivity contribution >= 4 is 34.5 Å². The van der Waals surface area contributed by atoms with Gasteiger partial charge in [0.25, 0.3) is 11.8 Å². The molecule has 182 valence electrons.